The van der Waals surface area contributed by atoms with Crippen LogP contribution in [0.15, 0.2) is 242 Å². The molecule has 0 heterocycles. The van der Waals surface area contributed by atoms with Crippen LogP contribution in [0.4, 0.5) is 28.4 Å². The van der Waals surface area contributed by atoms with Gasteiger partial charge in [-0.3, -0.25) is 0 Å². The summed E-state index contributed by atoms with van der Waals surface area (Å²) in [4.78, 5) is 4.85. The zero-order valence-corrected chi connectivity index (χ0v) is 35.4. The lowest BCUT2D eigenvalue weighted by Gasteiger charge is -2.33. The largest absolute Gasteiger partial charge is 0.314 e. The van der Waals surface area contributed by atoms with Crippen molar-refractivity contribution in [1.82, 2.24) is 0 Å². The fourth-order valence-electron chi connectivity index (χ4n) is 10.2. The highest BCUT2D eigenvalue weighted by atomic mass is 15.2. The van der Waals surface area contributed by atoms with E-state index in [1.54, 1.807) is 0 Å². The molecule has 302 valence electrons. The second-order valence-corrected chi connectivity index (χ2v) is 16.8. The van der Waals surface area contributed by atoms with Gasteiger partial charge in [-0.15, -0.1) is 0 Å². The van der Waals surface area contributed by atoms with Crippen molar-refractivity contribution < 1.29 is 0 Å². The molecule has 12 rings (SSSR count). The summed E-state index contributed by atoms with van der Waals surface area (Å²) in [5.74, 6) is 0. The Kier molecular flexibility index (Phi) is 9.34. The smallest absolute Gasteiger partial charge is 0.0468 e. The van der Waals surface area contributed by atoms with Gasteiger partial charge in [-0.25, -0.2) is 0 Å². The number of hydrogen-bond acceptors (Lipinski definition) is 2. The van der Waals surface area contributed by atoms with E-state index in [9.17, 15) is 0 Å². The average molecular weight is 817 g/mol. The SMILES string of the molecule is C1=C(N(c2ccccc2)c2ccccc2)CCc2c1c(-c1ccc3c(ccc4ccccc43)c1)c1ccc(N(c3ccccc3)c3ccccc3)cc1c2-c1ccc2ccccc2c1. The van der Waals surface area contributed by atoms with Crippen LogP contribution in [0.1, 0.15) is 17.5 Å². The van der Waals surface area contributed by atoms with Gasteiger partial charge < -0.3 is 9.80 Å². The lowest BCUT2D eigenvalue weighted by Crippen LogP contribution is -2.19. The van der Waals surface area contributed by atoms with Gasteiger partial charge in [0.25, 0.3) is 0 Å². The monoisotopic (exact) mass is 816 g/mol. The van der Waals surface area contributed by atoms with Crippen molar-refractivity contribution in [2.45, 2.75) is 12.8 Å². The summed E-state index contributed by atoms with van der Waals surface area (Å²) >= 11 is 0. The minimum atomic E-state index is 0.881. The van der Waals surface area contributed by atoms with Crippen LogP contribution in [-0.2, 0) is 6.42 Å². The highest BCUT2D eigenvalue weighted by Crippen LogP contribution is 2.49. The van der Waals surface area contributed by atoms with Crippen LogP contribution in [0.2, 0.25) is 0 Å². The molecule has 0 bridgehead atoms. The fraction of sp³-hybridized carbons (Fsp3) is 0.0323. The Hall–Kier alpha value is -8.20. The number of nitrogens with zero attached hydrogens (tertiary/aromatic N) is 2. The van der Waals surface area contributed by atoms with E-state index in [0.29, 0.717) is 0 Å². The first-order valence-corrected chi connectivity index (χ1v) is 22.3. The van der Waals surface area contributed by atoms with Gasteiger partial charge in [0.2, 0.25) is 0 Å². The summed E-state index contributed by atoms with van der Waals surface area (Å²) in [6.45, 7) is 0. The van der Waals surface area contributed by atoms with Crippen molar-refractivity contribution in [1.29, 1.82) is 0 Å². The lowest BCUT2D eigenvalue weighted by atomic mass is 9.78. The number of allylic oxidation sites excluding steroid dienone is 1. The van der Waals surface area contributed by atoms with Gasteiger partial charge in [0.15, 0.2) is 0 Å². The first-order chi connectivity index (χ1) is 31.7. The number of anilines is 5. The predicted molar refractivity (Wildman–Crippen MR) is 273 cm³/mol. The van der Waals surface area contributed by atoms with Crippen molar-refractivity contribution in [2.75, 3.05) is 9.80 Å². The highest BCUT2D eigenvalue weighted by molar-refractivity contribution is 6.14. The summed E-state index contributed by atoms with van der Waals surface area (Å²) in [5, 5.41) is 10.0. The third-order valence-electron chi connectivity index (χ3n) is 13.1. The predicted octanol–water partition coefficient (Wildman–Crippen LogP) is 17.2. The summed E-state index contributed by atoms with van der Waals surface area (Å²) in [5.41, 5.74) is 14.6. The van der Waals surface area contributed by atoms with Crippen LogP contribution >= 0.6 is 0 Å². The molecule has 0 aliphatic heterocycles. The quantitative estimate of drug-likeness (QED) is 0.141. The zero-order valence-electron chi connectivity index (χ0n) is 35.4. The maximum Gasteiger partial charge on any atom is 0.0468 e. The molecule has 0 atom stereocenters. The normalized spacial score (nSPS) is 12.3. The van der Waals surface area contributed by atoms with Crippen molar-refractivity contribution in [3.63, 3.8) is 0 Å². The molecular formula is C62H44N2. The maximum absolute atomic E-state index is 2.51. The van der Waals surface area contributed by atoms with E-state index in [2.05, 4.69) is 252 Å². The Labute approximate surface area is 374 Å². The standard InChI is InChI=1S/C62H44N2/c1-5-20-49(21-6-1)63(50-22-7-2-8-23-50)53-35-38-58-59(41-53)61(47-32-29-43-17-13-14-19-45(43)39-47)57-37-34-54(64(51-24-9-3-10-25-51)52-26-11-4-12-27-52)42-60(57)62(58)48-33-36-56-46(40-48)31-30-44-18-15-16-28-55(44)56/h1-33,35-36,38-42H,34,37H2. The number of hydrogen-bond donors (Lipinski definition) is 0. The molecule has 1 aliphatic carbocycles. The van der Waals surface area contributed by atoms with Crippen molar-refractivity contribution >= 4 is 77.6 Å². The second-order valence-electron chi connectivity index (χ2n) is 16.8. The molecule has 0 saturated heterocycles. The Morgan fingerprint density at radius 2 is 0.766 bits per heavy atom. The molecule has 0 saturated carbocycles. The van der Waals surface area contributed by atoms with Crippen LogP contribution in [0.25, 0.3) is 71.4 Å². The molecule has 64 heavy (non-hydrogen) atoms. The Morgan fingerprint density at radius 3 is 1.44 bits per heavy atom. The van der Waals surface area contributed by atoms with Crippen LogP contribution in [0, 0.1) is 0 Å². The molecule has 0 unspecified atom stereocenters. The highest BCUT2D eigenvalue weighted by Gasteiger charge is 2.28. The van der Waals surface area contributed by atoms with E-state index >= 15 is 0 Å². The second kappa shape index (κ2) is 15.9. The molecule has 0 amide bonds. The molecular weight excluding hydrogens is 773 g/mol. The molecule has 0 N–H and O–H groups in total. The molecule has 1 aliphatic rings. The Balaban J connectivity index is 1.19. The molecule has 0 fully saturated rings. The van der Waals surface area contributed by atoms with Crippen LogP contribution < -0.4 is 9.80 Å². The molecule has 0 aromatic heterocycles. The van der Waals surface area contributed by atoms with Gasteiger partial charge in [-0.05, 0) is 168 Å². The maximum atomic E-state index is 2.51. The topological polar surface area (TPSA) is 6.48 Å². The number of para-hydroxylation sites is 4. The Bertz CT molecular complexity index is 3460. The van der Waals surface area contributed by atoms with E-state index in [1.165, 1.54) is 82.2 Å². The molecule has 11 aromatic carbocycles. The summed E-state index contributed by atoms with van der Waals surface area (Å²) in [6.07, 6.45) is 4.27. The third-order valence-corrected chi connectivity index (χ3v) is 13.1. The van der Waals surface area contributed by atoms with Gasteiger partial charge in [0.05, 0.1) is 0 Å². The molecule has 2 heteroatoms. The van der Waals surface area contributed by atoms with Gasteiger partial charge in [0.1, 0.15) is 0 Å². The van der Waals surface area contributed by atoms with E-state index in [1.807, 2.05) is 0 Å². The lowest BCUT2D eigenvalue weighted by molar-refractivity contribution is 0.897. The number of fused-ring (bicyclic) bond motifs is 6. The van der Waals surface area contributed by atoms with Gasteiger partial charge >= 0.3 is 0 Å². The van der Waals surface area contributed by atoms with Crippen molar-refractivity contribution in [3.05, 3.63) is 253 Å². The van der Waals surface area contributed by atoms with Gasteiger partial charge in [0, 0.05) is 34.1 Å². The number of rotatable bonds is 8. The zero-order chi connectivity index (χ0) is 42.4. The fourth-order valence-corrected chi connectivity index (χ4v) is 10.2. The van der Waals surface area contributed by atoms with Crippen LogP contribution in [-0.4, -0.2) is 0 Å². The third kappa shape index (κ3) is 6.60. The summed E-state index contributed by atoms with van der Waals surface area (Å²) in [6, 6.07) is 86.6. The van der Waals surface area contributed by atoms with Crippen molar-refractivity contribution in [2.24, 2.45) is 0 Å². The Morgan fingerprint density at radius 1 is 0.281 bits per heavy atom. The molecule has 0 radical (unpaired) electrons. The van der Waals surface area contributed by atoms with E-state index in [0.717, 1.165) is 41.3 Å². The van der Waals surface area contributed by atoms with Crippen LogP contribution in [0.5, 0.6) is 0 Å². The first kappa shape index (κ1) is 37.6. The number of benzene rings is 11. The molecule has 11 aromatic rings. The van der Waals surface area contributed by atoms with E-state index < -0.39 is 0 Å². The molecule has 2 nitrogen and oxygen atoms in total. The average Bonchev–Trinajstić information content (AvgIpc) is 3.37. The van der Waals surface area contributed by atoms with Gasteiger partial charge in [-0.1, -0.05) is 164 Å². The summed E-state index contributed by atoms with van der Waals surface area (Å²) < 4.78 is 0. The minimum absolute atomic E-state index is 0.881. The van der Waals surface area contributed by atoms with Crippen LogP contribution in [0.3, 0.4) is 0 Å². The van der Waals surface area contributed by atoms with E-state index in [-0.39, 0.29) is 0 Å². The van der Waals surface area contributed by atoms with Crippen molar-refractivity contribution in [3.8, 4) is 22.3 Å². The first-order valence-electron chi connectivity index (χ1n) is 22.3. The minimum Gasteiger partial charge on any atom is -0.314 e. The van der Waals surface area contributed by atoms with Gasteiger partial charge in [-0.2, -0.15) is 0 Å². The summed E-state index contributed by atoms with van der Waals surface area (Å²) in [7, 11) is 0. The molecule has 0 spiro atoms. The van der Waals surface area contributed by atoms with E-state index in [4.69, 9.17) is 0 Å².